The number of nitriles is 1. The van der Waals surface area contributed by atoms with Crippen molar-refractivity contribution >= 4 is 23.4 Å². The number of nitro groups is 1. The Morgan fingerprint density at radius 2 is 1.76 bits per heavy atom. The lowest BCUT2D eigenvalue weighted by Gasteiger charge is -2.30. The zero-order valence-electron chi connectivity index (χ0n) is 22.1. The van der Waals surface area contributed by atoms with Crippen LogP contribution < -0.4 is 15.1 Å². The van der Waals surface area contributed by atoms with Crippen LogP contribution in [0.5, 0.6) is 0 Å². The van der Waals surface area contributed by atoms with E-state index >= 15 is 0 Å². The first-order chi connectivity index (χ1) is 20.1. The Morgan fingerprint density at radius 3 is 2.40 bits per heavy atom. The molecule has 2 aliphatic heterocycles. The van der Waals surface area contributed by atoms with Gasteiger partial charge in [0.05, 0.1) is 21.9 Å². The molecule has 15 heteroatoms. The number of piperazine rings is 1. The summed E-state index contributed by atoms with van der Waals surface area (Å²) in [6, 6.07) is 10.0. The Labute approximate surface area is 237 Å². The van der Waals surface area contributed by atoms with Crippen molar-refractivity contribution < 1.29 is 32.5 Å². The van der Waals surface area contributed by atoms with E-state index in [1.54, 1.807) is 9.80 Å². The van der Waals surface area contributed by atoms with E-state index in [1.165, 1.54) is 42.6 Å². The van der Waals surface area contributed by atoms with Crippen molar-refractivity contribution in [1.82, 2.24) is 19.9 Å². The first kappa shape index (κ1) is 28.6. The van der Waals surface area contributed by atoms with Crippen molar-refractivity contribution in [1.29, 1.82) is 5.26 Å². The zero-order chi connectivity index (χ0) is 30.0. The van der Waals surface area contributed by atoms with Gasteiger partial charge in [-0.2, -0.15) is 23.2 Å². The van der Waals surface area contributed by atoms with Crippen LogP contribution in [0.3, 0.4) is 0 Å². The third-order valence-corrected chi connectivity index (χ3v) is 7.00. The third-order valence-electron chi connectivity index (χ3n) is 7.00. The van der Waals surface area contributed by atoms with Gasteiger partial charge in [0.15, 0.2) is 5.82 Å². The number of nitrogens with zero attached hydrogens (tertiary/aromatic N) is 6. The number of nitrogens with one attached hydrogen (secondary N) is 1. The Hall–Kier alpha value is -4.97. The summed E-state index contributed by atoms with van der Waals surface area (Å²) in [5.41, 5.74) is 0.313. The molecule has 0 unspecified atom stereocenters. The number of halogens is 3. The second-order valence-electron chi connectivity index (χ2n) is 9.74. The molecule has 0 atom stereocenters. The molecule has 5 rings (SSSR count). The van der Waals surface area contributed by atoms with Crippen LogP contribution in [0.1, 0.15) is 28.8 Å². The number of carbonyl (C=O) groups is 2. The number of hydrogen-bond acceptors (Lipinski definition) is 9. The first-order valence-electron chi connectivity index (χ1n) is 13.0. The van der Waals surface area contributed by atoms with Gasteiger partial charge in [0, 0.05) is 74.3 Å². The topological polar surface area (TPSA) is 147 Å². The average Bonchev–Trinajstić information content (AvgIpc) is 3.65. The van der Waals surface area contributed by atoms with Crippen LogP contribution in [0.2, 0.25) is 0 Å². The summed E-state index contributed by atoms with van der Waals surface area (Å²) < 4.78 is 40.5. The van der Waals surface area contributed by atoms with Crippen LogP contribution in [0.25, 0.3) is 22.5 Å². The molecule has 42 heavy (non-hydrogen) atoms. The summed E-state index contributed by atoms with van der Waals surface area (Å²) in [4.78, 5) is 48.4. The number of anilines is 1. The van der Waals surface area contributed by atoms with Gasteiger partial charge in [-0.25, -0.2) is 4.79 Å². The SMILES string of the molecule is N#Cc1cc(-c2ccnc(-c3cc(C(=O)N4CCCC4)cc([N+](=O)[O-])c3)c2)n(OC(=O)C(F)(F)F)c1N1CCNCC1. The number of aromatic nitrogens is 2. The Morgan fingerprint density at radius 1 is 1.05 bits per heavy atom. The number of hydrogen-bond donors (Lipinski definition) is 1. The molecule has 1 amide bonds. The number of pyridine rings is 1. The molecule has 0 aliphatic carbocycles. The summed E-state index contributed by atoms with van der Waals surface area (Å²) in [6.07, 6.45) is -2.32. The number of carbonyl (C=O) groups excluding carboxylic acids is 2. The van der Waals surface area contributed by atoms with Crippen LogP contribution in [-0.4, -0.2) is 76.9 Å². The molecule has 218 valence electrons. The largest absolute Gasteiger partial charge is 0.493 e. The Kier molecular flexibility index (Phi) is 7.81. The highest BCUT2D eigenvalue weighted by Crippen LogP contribution is 2.34. The fourth-order valence-electron chi connectivity index (χ4n) is 5.01. The van der Waals surface area contributed by atoms with E-state index in [-0.39, 0.29) is 51.1 Å². The number of alkyl halides is 3. The van der Waals surface area contributed by atoms with Gasteiger partial charge < -0.3 is 20.0 Å². The maximum atomic E-state index is 13.3. The normalized spacial score (nSPS) is 15.4. The molecule has 3 aromatic rings. The van der Waals surface area contributed by atoms with Crippen LogP contribution in [0.4, 0.5) is 24.7 Å². The molecule has 2 aliphatic rings. The number of likely N-dealkylation sites (tertiary alicyclic amines) is 1. The number of nitro benzene ring substituents is 1. The second kappa shape index (κ2) is 11.5. The molecular weight excluding hydrogens is 559 g/mol. The third kappa shape index (κ3) is 5.75. The summed E-state index contributed by atoms with van der Waals surface area (Å²) >= 11 is 0. The smallest absolute Gasteiger partial charge is 0.352 e. The molecule has 0 spiro atoms. The molecule has 4 heterocycles. The van der Waals surface area contributed by atoms with Gasteiger partial charge >= 0.3 is 12.1 Å². The fourth-order valence-corrected chi connectivity index (χ4v) is 5.01. The van der Waals surface area contributed by atoms with Crippen LogP contribution >= 0.6 is 0 Å². The van der Waals surface area contributed by atoms with Gasteiger partial charge in [0.1, 0.15) is 6.07 Å². The van der Waals surface area contributed by atoms with Gasteiger partial charge in [0.2, 0.25) is 0 Å². The molecule has 0 saturated carbocycles. The van der Waals surface area contributed by atoms with E-state index < -0.39 is 17.1 Å². The number of benzene rings is 1. The molecule has 1 N–H and O–H groups in total. The molecule has 2 aromatic heterocycles. The van der Waals surface area contributed by atoms with Gasteiger partial charge in [-0.05, 0) is 37.1 Å². The molecular formula is C27H24F3N7O5. The Balaban J connectivity index is 1.62. The fraction of sp³-hybridized carbons (Fsp3) is 0.333. The van der Waals surface area contributed by atoms with Crippen molar-refractivity contribution in [2.45, 2.75) is 19.0 Å². The maximum absolute atomic E-state index is 13.3. The summed E-state index contributed by atoms with van der Waals surface area (Å²) in [7, 11) is 0. The first-order valence-corrected chi connectivity index (χ1v) is 13.0. The molecule has 1 aromatic carbocycles. The average molecular weight is 584 g/mol. The van der Waals surface area contributed by atoms with E-state index in [4.69, 9.17) is 4.84 Å². The van der Waals surface area contributed by atoms with Crippen LogP contribution in [-0.2, 0) is 4.79 Å². The van der Waals surface area contributed by atoms with E-state index in [0.29, 0.717) is 44.0 Å². The summed E-state index contributed by atoms with van der Waals surface area (Å²) in [6.45, 7) is 2.73. The monoisotopic (exact) mass is 583 g/mol. The number of rotatable bonds is 6. The Bertz CT molecular complexity index is 1590. The van der Waals surface area contributed by atoms with Crippen LogP contribution in [0.15, 0.2) is 42.6 Å². The van der Waals surface area contributed by atoms with Crippen molar-refractivity contribution in [3.05, 3.63) is 63.8 Å². The lowest BCUT2D eigenvalue weighted by atomic mass is 10.0. The zero-order valence-corrected chi connectivity index (χ0v) is 22.1. The molecule has 0 radical (unpaired) electrons. The highest BCUT2D eigenvalue weighted by molar-refractivity contribution is 5.96. The van der Waals surface area contributed by atoms with Gasteiger partial charge in [-0.1, -0.05) is 0 Å². The van der Waals surface area contributed by atoms with E-state index in [2.05, 4.69) is 10.3 Å². The summed E-state index contributed by atoms with van der Waals surface area (Å²) in [5, 5.41) is 24.6. The number of amides is 1. The van der Waals surface area contributed by atoms with E-state index in [0.717, 1.165) is 12.8 Å². The minimum atomic E-state index is -5.31. The van der Waals surface area contributed by atoms with Crippen LogP contribution in [0, 0.1) is 21.4 Å². The lowest BCUT2D eigenvalue weighted by Crippen LogP contribution is -2.45. The predicted octanol–water partition coefficient (Wildman–Crippen LogP) is 3.16. The minimum absolute atomic E-state index is 0.0150. The molecule has 2 fully saturated rings. The highest BCUT2D eigenvalue weighted by atomic mass is 19.4. The quantitative estimate of drug-likeness (QED) is 0.341. The van der Waals surface area contributed by atoms with E-state index in [1.807, 2.05) is 6.07 Å². The van der Waals surface area contributed by atoms with Gasteiger partial charge in [-0.15, -0.1) is 0 Å². The number of non-ortho nitro benzene ring substituents is 1. The standard InChI is InChI=1S/C27H24F3N7O5/c28-27(29,30)26(39)42-36-23(15-20(16-31)24(36)34-9-5-32-6-10-34)17-3-4-33-22(14-17)18-11-19(13-21(12-18)37(40)41)25(38)35-7-1-2-8-35/h3-4,11-15,32H,1-2,5-10H2. The molecule has 0 bridgehead atoms. The molecule has 2 saturated heterocycles. The van der Waals surface area contributed by atoms with Crippen molar-refractivity contribution in [3.63, 3.8) is 0 Å². The highest BCUT2D eigenvalue weighted by Gasteiger charge is 2.43. The molecule has 12 nitrogen and oxygen atoms in total. The van der Waals surface area contributed by atoms with Crippen molar-refractivity contribution in [3.8, 4) is 28.6 Å². The second-order valence-corrected chi connectivity index (χ2v) is 9.74. The van der Waals surface area contributed by atoms with Gasteiger partial charge in [0.25, 0.3) is 11.6 Å². The summed E-state index contributed by atoms with van der Waals surface area (Å²) in [5.74, 6) is -2.85. The van der Waals surface area contributed by atoms with Crippen molar-refractivity contribution in [2.75, 3.05) is 44.2 Å². The predicted molar refractivity (Wildman–Crippen MR) is 142 cm³/mol. The lowest BCUT2D eigenvalue weighted by molar-refractivity contribution is -0.384. The van der Waals surface area contributed by atoms with Gasteiger partial charge in [-0.3, -0.25) is 19.9 Å². The van der Waals surface area contributed by atoms with E-state index in [9.17, 15) is 38.1 Å². The maximum Gasteiger partial charge on any atom is 0.493 e. The minimum Gasteiger partial charge on any atom is -0.352 e. The van der Waals surface area contributed by atoms with Crippen molar-refractivity contribution in [2.24, 2.45) is 0 Å².